The number of carbonyl (C=O) groups excluding carboxylic acids is 1. The lowest BCUT2D eigenvalue weighted by Crippen LogP contribution is -2.35. The van der Waals surface area contributed by atoms with E-state index in [2.05, 4.69) is 20.0 Å². The summed E-state index contributed by atoms with van der Waals surface area (Å²) < 4.78 is 26.9. The molecule has 0 saturated heterocycles. The van der Waals surface area contributed by atoms with Gasteiger partial charge in [0.25, 0.3) is 10.0 Å². The highest BCUT2D eigenvalue weighted by atomic mass is 32.2. The van der Waals surface area contributed by atoms with Crippen molar-refractivity contribution in [2.45, 2.75) is 43.7 Å². The van der Waals surface area contributed by atoms with Crippen molar-refractivity contribution in [1.82, 2.24) is 15.0 Å². The van der Waals surface area contributed by atoms with E-state index in [0.29, 0.717) is 18.5 Å². The number of carbonyl (C=O) groups is 1. The fourth-order valence-electron chi connectivity index (χ4n) is 2.84. The van der Waals surface area contributed by atoms with E-state index in [0.717, 1.165) is 18.5 Å². The fraction of sp³-hybridized carbons (Fsp3) is 0.316. The molecular weight excluding hydrogens is 364 g/mol. The highest BCUT2D eigenvalue weighted by molar-refractivity contribution is 7.90. The van der Waals surface area contributed by atoms with Crippen molar-refractivity contribution in [1.29, 1.82) is 0 Å². The van der Waals surface area contributed by atoms with Crippen molar-refractivity contribution in [2.24, 2.45) is 4.99 Å². The molecular formula is C19H22N4O3S. The second kappa shape index (κ2) is 8.30. The topological polar surface area (TPSA) is 101 Å². The van der Waals surface area contributed by atoms with Gasteiger partial charge in [-0.25, -0.2) is 8.42 Å². The molecule has 0 saturated carbocycles. The first-order valence-electron chi connectivity index (χ1n) is 8.89. The van der Waals surface area contributed by atoms with E-state index in [1.165, 1.54) is 6.07 Å². The molecule has 2 heterocycles. The summed E-state index contributed by atoms with van der Waals surface area (Å²) in [6, 6.07) is 11.5. The molecule has 0 unspecified atom stereocenters. The predicted molar refractivity (Wildman–Crippen MR) is 103 cm³/mol. The standard InChI is InChI=1S/C19H22N4O3S/c1-2-3-10-16(19(24)21-13-14-8-6-7-12-20-14)22-18-15-9-4-5-11-17(15)27(25,26)23-18/h4-9,11-12,16H,2-3,10,13H2,1H3,(H,21,24)(H,22,23)/t16-/m0/s1. The Hall–Kier alpha value is -2.74. The Kier molecular flexibility index (Phi) is 5.85. The van der Waals surface area contributed by atoms with Crippen molar-refractivity contribution in [3.63, 3.8) is 0 Å². The number of fused-ring (bicyclic) bond motifs is 1. The Morgan fingerprint density at radius 3 is 2.74 bits per heavy atom. The molecule has 0 fully saturated rings. The number of benzene rings is 1. The molecule has 1 aliphatic rings. The molecule has 3 rings (SSSR count). The monoisotopic (exact) mass is 386 g/mol. The normalized spacial score (nSPS) is 17.1. The minimum Gasteiger partial charge on any atom is -0.349 e. The van der Waals surface area contributed by atoms with Gasteiger partial charge in [0.2, 0.25) is 5.91 Å². The number of aliphatic imine (C=N–C) groups is 1. The van der Waals surface area contributed by atoms with Crippen molar-refractivity contribution in [3.05, 3.63) is 59.9 Å². The molecule has 2 N–H and O–H groups in total. The summed E-state index contributed by atoms with van der Waals surface area (Å²) in [5.74, 6) is -0.0233. The summed E-state index contributed by atoms with van der Waals surface area (Å²) in [5, 5.41) is 2.84. The number of nitrogens with zero attached hydrogens (tertiary/aromatic N) is 2. The van der Waals surface area contributed by atoms with Gasteiger partial charge in [0.05, 0.1) is 17.1 Å². The van der Waals surface area contributed by atoms with Crippen molar-refractivity contribution in [2.75, 3.05) is 0 Å². The Labute approximate surface area is 159 Å². The maximum absolute atomic E-state index is 12.7. The SMILES string of the molecule is CCCC[C@H](N=C1NS(=O)(=O)c2ccccc21)C(=O)NCc1ccccn1. The number of amides is 1. The third-order valence-corrected chi connectivity index (χ3v) is 5.65. The van der Waals surface area contributed by atoms with E-state index in [4.69, 9.17) is 0 Å². The van der Waals surface area contributed by atoms with E-state index in [-0.39, 0.29) is 16.6 Å². The Morgan fingerprint density at radius 2 is 2.00 bits per heavy atom. The van der Waals surface area contributed by atoms with Crippen LogP contribution in [0.4, 0.5) is 0 Å². The number of unbranched alkanes of at least 4 members (excludes halogenated alkanes) is 1. The first kappa shape index (κ1) is 19.0. The van der Waals surface area contributed by atoms with Crippen LogP contribution >= 0.6 is 0 Å². The number of amidine groups is 1. The van der Waals surface area contributed by atoms with Gasteiger partial charge < -0.3 is 5.32 Å². The minimum atomic E-state index is -3.62. The summed E-state index contributed by atoms with van der Waals surface area (Å²) in [4.78, 5) is 21.5. The smallest absolute Gasteiger partial charge is 0.263 e. The fourth-order valence-corrected chi connectivity index (χ4v) is 4.07. The number of sulfonamides is 1. The van der Waals surface area contributed by atoms with Crippen LogP contribution in [0.1, 0.15) is 37.4 Å². The molecule has 2 aromatic rings. The van der Waals surface area contributed by atoms with Gasteiger partial charge in [-0.2, -0.15) is 0 Å². The van der Waals surface area contributed by atoms with Gasteiger partial charge in [-0.1, -0.05) is 38.0 Å². The molecule has 1 amide bonds. The third kappa shape index (κ3) is 4.51. The lowest BCUT2D eigenvalue weighted by molar-refractivity contribution is -0.122. The van der Waals surface area contributed by atoms with E-state index < -0.39 is 16.1 Å². The lowest BCUT2D eigenvalue weighted by atomic mass is 10.1. The van der Waals surface area contributed by atoms with E-state index in [9.17, 15) is 13.2 Å². The largest absolute Gasteiger partial charge is 0.349 e. The predicted octanol–water partition coefficient (Wildman–Crippen LogP) is 2.00. The number of nitrogens with one attached hydrogen (secondary N) is 2. The second-order valence-electron chi connectivity index (χ2n) is 6.28. The van der Waals surface area contributed by atoms with Crippen LogP contribution in [-0.2, 0) is 21.4 Å². The molecule has 27 heavy (non-hydrogen) atoms. The summed E-state index contributed by atoms with van der Waals surface area (Å²) >= 11 is 0. The first-order valence-corrected chi connectivity index (χ1v) is 10.4. The molecule has 7 nitrogen and oxygen atoms in total. The molecule has 1 aromatic carbocycles. The van der Waals surface area contributed by atoms with Crippen LogP contribution in [-0.4, -0.2) is 31.2 Å². The van der Waals surface area contributed by atoms with Gasteiger partial charge in [-0.05, 0) is 30.7 Å². The van der Waals surface area contributed by atoms with Crippen molar-refractivity contribution < 1.29 is 13.2 Å². The molecule has 1 aromatic heterocycles. The molecule has 0 radical (unpaired) electrons. The molecule has 1 aliphatic heterocycles. The highest BCUT2D eigenvalue weighted by Crippen LogP contribution is 2.23. The van der Waals surface area contributed by atoms with Crippen LogP contribution in [0, 0.1) is 0 Å². The van der Waals surface area contributed by atoms with Crippen LogP contribution in [0.3, 0.4) is 0 Å². The van der Waals surface area contributed by atoms with Gasteiger partial charge in [-0.3, -0.25) is 19.5 Å². The number of rotatable bonds is 7. The van der Waals surface area contributed by atoms with Crippen LogP contribution in [0.5, 0.6) is 0 Å². The third-order valence-electron chi connectivity index (χ3n) is 4.25. The van der Waals surface area contributed by atoms with Gasteiger partial charge in [0, 0.05) is 11.8 Å². The molecule has 1 atom stereocenters. The van der Waals surface area contributed by atoms with Gasteiger partial charge >= 0.3 is 0 Å². The quantitative estimate of drug-likeness (QED) is 0.760. The summed E-state index contributed by atoms with van der Waals surface area (Å²) in [6.45, 7) is 2.33. The van der Waals surface area contributed by atoms with Crippen molar-refractivity contribution >= 4 is 21.8 Å². The number of hydrogen-bond donors (Lipinski definition) is 2. The molecule has 0 bridgehead atoms. The molecule has 142 valence electrons. The van der Waals surface area contributed by atoms with Crippen LogP contribution in [0.25, 0.3) is 0 Å². The molecule has 0 spiro atoms. The van der Waals surface area contributed by atoms with Gasteiger partial charge in [0.1, 0.15) is 11.9 Å². The van der Waals surface area contributed by atoms with Gasteiger partial charge in [-0.15, -0.1) is 0 Å². The first-order chi connectivity index (χ1) is 13.0. The highest BCUT2D eigenvalue weighted by Gasteiger charge is 2.31. The number of pyridine rings is 1. The summed E-state index contributed by atoms with van der Waals surface area (Å²) in [7, 11) is -3.62. The van der Waals surface area contributed by atoms with Gasteiger partial charge in [0.15, 0.2) is 0 Å². The van der Waals surface area contributed by atoms with Crippen LogP contribution in [0.2, 0.25) is 0 Å². The van der Waals surface area contributed by atoms with E-state index in [1.807, 2.05) is 25.1 Å². The van der Waals surface area contributed by atoms with Crippen molar-refractivity contribution in [3.8, 4) is 0 Å². The number of hydrogen-bond acceptors (Lipinski definition) is 5. The Morgan fingerprint density at radius 1 is 1.22 bits per heavy atom. The van der Waals surface area contributed by atoms with E-state index >= 15 is 0 Å². The number of aromatic nitrogens is 1. The van der Waals surface area contributed by atoms with E-state index in [1.54, 1.807) is 24.4 Å². The zero-order valence-electron chi connectivity index (χ0n) is 15.1. The average Bonchev–Trinajstić information content (AvgIpc) is 2.94. The zero-order chi connectivity index (χ0) is 19.3. The van der Waals surface area contributed by atoms with Crippen LogP contribution < -0.4 is 10.0 Å². The lowest BCUT2D eigenvalue weighted by Gasteiger charge is -2.14. The Balaban J connectivity index is 1.81. The summed E-state index contributed by atoms with van der Waals surface area (Å²) in [6.07, 6.45) is 3.93. The molecule has 8 heteroatoms. The second-order valence-corrected chi connectivity index (χ2v) is 7.93. The minimum absolute atomic E-state index is 0.187. The molecule has 0 aliphatic carbocycles. The Bertz CT molecular complexity index is 942. The maximum Gasteiger partial charge on any atom is 0.263 e. The van der Waals surface area contributed by atoms with Crippen LogP contribution in [0.15, 0.2) is 58.5 Å². The zero-order valence-corrected chi connectivity index (χ0v) is 15.9. The maximum atomic E-state index is 12.7. The summed E-state index contributed by atoms with van der Waals surface area (Å²) in [5.41, 5.74) is 1.25. The average molecular weight is 386 g/mol.